The average Bonchev–Trinajstić information content (AvgIpc) is 2.70. The van der Waals surface area contributed by atoms with E-state index in [-0.39, 0.29) is 12.3 Å². The minimum atomic E-state index is -4.39. The van der Waals surface area contributed by atoms with Crippen LogP contribution in [0.4, 0.5) is 13.2 Å². The van der Waals surface area contributed by atoms with Crippen LogP contribution in [0.3, 0.4) is 0 Å². The summed E-state index contributed by atoms with van der Waals surface area (Å²) in [6.07, 6.45) is -4.44. The Kier molecular flexibility index (Phi) is 7.28. The zero-order chi connectivity index (χ0) is 20.7. The van der Waals surface area contributed by atoms with Gasteiger partial charge in [0.1, 0.15) is 0 Å². The second kappa shape index (κ2) is 9.89. The summed E-state index contributed by atoms with van der Waals surface area (Å²) in [6, 6.07) is 15.3. The molecule has 3 rings (SSSR count). The monoisotopic (exact) mass is 405 g/mol. The molecule has 0 aliphatic carbocycles. The van der Waals surface area contributed by atoms with E-state index in [1.54, 1.807) is 6.07 Å². The number of carbonyl (C=O) groups is 1. The highest BCUT2D eigenvalue weighted by atomic mass is 19.4. The second-order valence-electron chi connectivity index (χ2n) is 7.33. The quantitative estimate of drug-likeness (QED) is 0.769. The molecule has 2 aromatic rings. The Balaban J connectivity index is 1.35. The SMILES string of the molecule is O=C(Cc1cccc(C(F)(F)F)c1)NCCN1CCN(Cc2ccccc2)CC1. The number of hydrogen-bond acceptors (Lipinski definition) is 3. The van der Waals surface area contributed by atoms with Crippen LogP contribution >= 0.6 is 0 Å². The smallest absolute Gasteiger partial charge is 0.355 e. The van der Waals surface area contributed by atoms with Crippen LogP contribution in [-0.2, 0) is 23.9 Å². The molecule has 0 saturated carbocycles. The maximum Gasteiger partial charge on any atom is 0.416 e. The van der Waals surface area contributed by atoms with Crippen LogP contribution < -0.4 is 5.32 Å². The van der Waals surface area contributed by atoms with Gasteiger partial charge < -0.3 is 5.32 Å². The molecule has 1 heterocycles. The second-order valence-corrected chi connectivity index (χ2v) is 7.33. The Morgan fingerprint density at radius 3 is 2.24 bits per heavy atom. The molecule has 0 bridgehead atoms. The van der Waals surface area contributed by atoms with Gasteiger partial charge in [0.05, 0.1) is 12.0 Å². The third kappa shape index (κ3) is 6.87. The van der Waals surface area contributed by atoms with Crippen LogP contribution in [0.25, 0.3) is 0 Å². The first-order valence-corrected chi connectivity index (χ1v) is 9.81. The molecule has 0 radical (unpaired) electrons. The molecule has 1 N–H and O–H groups in total. The predicted molar refractivity (Wildman–Crippen MR) is 106 cm³/mol. The highest BCUT2D eigenvalue weighted by Crippen LogP contribution is 2.29. The lowest BCUT2D eigenvalue weighted by molar-refractivity contribution is -0.137. The van der Waals surface area contributed by atoms with Gasteiger partial charge in [-0.2, -0.15) is 13.2 Å². The van der Waals surface area contributed by atoms with Crippen LogP contribution in [0, 0.1) is 0 Å². The Hall–Kier alpha value is -2.38. The van der Waals surface area contributed by atoms with Crippen LogP contribution in [0.5, 0.6) is 0 Å². The molecule has 0 aromatic heterocycles. The fourth-order valence-corrected chi connectivity index (χ4v) is 3.47. The van der Waals surface area contributed by atoms with Crippen LogP contribution in [0.2, 0.25) is 0 Å². The third-order valence-corrected chi connectivity index (χ3v) is 5.08. The van der Waals surface area contributed by atoms with Crippen molar-refractivity contribution >= 4 is 5.91 Å². The van der Waals surface area contributed by atoms with Gasteiger partial charge in [-0.15, -0.1) is 0 Å². The summed E-state index contributed by atoms with van der Waals surface area (Å²) in [7, 11) is 0. The van der Waals surface area contributed by atoms with Gasteiger partial charge in [-0.25, -0.2) is 0 Å². The molecule has 1 saturated heterocycles. The van der Waals surface area contributed by atoms with E-state index in [9.17, 15) is 18.0 Å². The molecule has 156 valence electrons. The summed E-state index contributed by atoms with van der Waals surface area (Å²) in [5, 5.41) is 2.81. The predicted octanol–water partition coefficient (Wildman–Crippen LogP) is 3.18. The molecular weight excluding hydrogens is 379 g/mol. The Morgan fingerprint density at radius 1 is 0.897 bits per heavy atom. The van der Waals surface area contributed by atoms with Crippen LogP contribution in [0.1, 0.15) is 16.7 Å². The summed E-state index contributed by atoms with van der Waals surface area (Å²) in [4.78, 5) is 16.8. The maximum atomic E-state index is 12.8. The van der Waals surface area contributed by atoms with E-state index in [2.05, 4.69) is 27.2 Å². The molecule has 0 atom stereocenters. The van der Waals surface area contributed by atoms with Gasteiger partial charge in [-0.05, 0) is 17.2 Å². The van der Waals surface area contributed by atoms with Crippen molar-refractivity contribution in [1.29, 1.82) is 0 Å². The molecule has 2 aromatic carbocycles. The highest BCUT2D eigenvalue weighted by molar-refractivity contribution is 5.78. The van der Waals surface area contributed by atoms with Crippen molar-refractivity contribution < 1.29 is 18.0 Å². The van der Waals surface area contributed by atoms with E-state index in [4.69, 9.17) is 0 Å². The van der Waals surface area contributed by atoms with E-state index in [0.717, 1.165) is 51.4 Å². The summed E-state index contributed by atoms with van der Waals surface area (Å²) in [5.41, 5.74) is 0.950. The van der Waals surface area contributed by atoms with Gasteiger partial charge in [0.25, 0.3) is 0 Å². The van der Waals surface area contributed by atoms with Crippen molar-refractivity contribution in [3.05, 3.63) is 71.3 Å². The van der Waals surface area contributed by atoms with E-state index in [0.29, 0.717) is 12.1 Å². The standard InChI is InChI=1S/C22H26F3N3O/c23-22(24,25)20-8-4-7-19(15-20)16-21(29)26-9-10-27-11-13-28(14-12-27)17-18-5-2-1-3-6-18/h1-8,15H,9-14,16-17H2,(H,26,29). The number of rotatable bonds is 7. The number of benzene rings is 2. The first kappa shape index (κ1) is 21.3. The highest BCUT2D eigenvalue weighted by Gasteiger charge is 2.30. The van der Waals surface area contributed by atoms with Gasteiger partial charge in [0, 0.05) is 45.8 Å². The topological polar surface area (TPSA) is 35.6 Å². The molecule has 4 nitrogen and oxygen atoms in total. The zero-order valence-electron chi connectivity index (χ0n) is 16.3. The van der Waals surface area contributed by atoms with E-state index in [1.807, 2.05) is 18.2 Å². The molecule has 7 heteroatoms. The van der Waals surface area contributed by atoms with Gasteiger partial charge in [0.15, 0.2) is 0 Å². The molecule has 29 heavy (non-hydrogen) atoms. The molecule has 1 aliphatic rings. The summed E-state index contributed by atoms with van der Waals surface area (Å²) >= 11 is 0. The molecule has 0 spiro atoms. The van der Waals surface area contributed by atoms with Crippen molar-refractivity contribution in [2.75, 3.05) is 39.3 Å². The lowest BCUT2D eigenvalue weighted by Crippen LogP contribution is -2.48. The number of piperazine rings is 1. The average molecular weight is 405 g/mol. The minimum absolute atomic E-state index is 0.0469. The maximum absolute atomic E-state index is 12.8. The van der Waals surface area contributed by atoms with E-state index >= 15 is 0 Å². The number of nitrogens with one attached hydrogen (secondary N) is 1. The summed E-state index contributed by atoms with van der Waals surface area (Å²) in [6.45, 7) is 6.03. The van der Waals surface area contributed by atoms with E-state index < -0.39 is 11.7 Å². The van der Waals surface area contributed by atoms with Gasteiger partial charge >= 0.3 is 6.18 Å². The third-order valence-electron chi connectivity index (χ3n) is 5.08. The summed E-state index contributed by atoms with van der Waals surface area (Å²) in [5.74, 6) is -0.257. The number of carbonyl (C=O) groups excluding carboxylic acids is 1. The van der Waals surface area contributed by atoms with Gasteiger partial charge in [-0.1, -0.05) is 48.5 Å². The Labute approximate surface area is 169 Å². The van der Waals surface area contributed by atoms with Crippen molar-refractivity contribution in [3.8, 4) is 0 Å². The van der Waals surface area contributed by atoms with E-state index in [1.165, 1.54) is 11.6 Å². The fraction of sp³-hybridized carbons (Fsp3) is 0.409. The number of nitrogens with zero attached hydrogens (tertiary/aromatic N) is 2. The number of alkyl halides is 3. The Bertz CT molecular complexity index is 787. The molecule has 1 aliphatic heterocycles. The number of hydrogen-bond donors (Lipinski definition) is 1. The minimum Gasteiger partial charge on any atom is -0.355 e. The molecule has 1 amide bonds. The van der Waals surface area contributed by atoms with Crippen molar-refractivity contribution in [2.24, 2.45) is 0 Å². The molecule has 1 fully saturated rings. The van der Waals surface area contributed by atoms with Gasteiger partial charge in [-0.3, -0.25) is 14.6 Å². The number of halogens is 3. The first-order chi connectivity index (χ1) is 13.9. The fourth-order valence-electron chi connectivity index (χ4n) is 3.47. The normalized spacial score (nSPS) is 16.0. The summed E-state index contributed by atoms with van der Waals surface area (Å²) < 4.78 is 38.3. The lowest BCUT2D eigenvalue weighted by Gasteiger charge is -2.34. The zero-order valence-corrected chi connectivity index (χ0v) is 16.3. The first-order valence-electron chi connectivity index (χ1n) is 9.81. The van der Waals surface area contributed by atoms with Crippen molar-refractivity contribution in [2.45, 2.75) is 19.1 Å². The van der Waals surface area contributed by atoms with Crippen LogP contribution in [-0.4, -0.2) is 55.0 Å². The molecular formula is C22H26F3N3O. The van der Waals surface area contributed by atoms with Crippen LogP contribution in [0.15, 0.2) is 54.6 Å². The van der Waals surface area contributed by atoms with Crippen molar-refractivity contribution in [1.82, 2.24) is 15.1 Å². The largest absolute Gasteiger partial charge is 0.416 e. The van der Waals surface area contributed by atoms with Crippen molar-refractivity contribution in [3.63, 3.8) is 0 Å². The van der Waals surface area contributed by atoms with Gasteiger partial charge in [0.2, 0.25) is 5.91 Å². The lowest BCUT2D eigenvalue weighted by atomic mass is 10.1. The molecule has 0 unspecified atom stereocenters. The number of amides is 1. The Morgan fingerprint density at radius 2 is 1.55 bits per heavy atom.